The lowest BCUT2D eigenvalue weighted by molar-refractivity contribution is 0.0992. The molecule has 2 rings (SSSR count). The number of hydrogen-bond donors (Lipinski definition) is 0. The first-order valence-corrected chi connectivity index (χ1v) is 6.52. The molecular weight excluding hydrogens is 279 g/mol. The second-order valence-corrected chi connectivity index (χ2v) is 4.85. The molecule has 0 fully saturated rings. The first kappa shape index (κ1) is 14.5. The van der Waals surface area contributed by atoms with E-state index in [9.17, 15) is 9.18 Å². The summed E-state index contributed by atoms with van der Waals surface area (Å²) in [4.78, 5) is 12.2. The van der Waals surface area contributed by atoms with Crippen LogP contribution in [0.2, 0.25) is 5.02 Å². The number of ether oxygens (including phenoxy) is 1. The zero-order valence-corrected chi connectivity index (χ0v) is 12.0. The molecule has 0 spiro atoms. The Balaban J connectivity index is 2.31. The smallest absolute Gasteiger partial charge is 0.168 e. The summed E-state index contributed by atoms with van der Waals surface area (Å²) in [7, 11) is 1.39. The molecule has 0 saturated carbocycles. The number of halogens is 2. The Labute approximate surface area is 122 Å². The molecule has 104 valence electrons. The second kappa shape index (κ2) is 6.06. The maximum absolute atomic E-state index is 14.0. The molecule has 0 atom stereocenters. The Morgan fingerprint density at radius 1 is 1.25 bits per heavy atom. The Hall–Kier alpha value is -1.87. The van der Waals surface area contributed by atoms with Gasteiger partial charge in [-0.25, -0.2) is 4.39 Å². The number of Topliss-reactive ketones (excluding diaryl/α,β-unsaturated/α-hetero) is 1. The first-order chi connectivity index (χ1) is 9.54. The van der Waals surface area contributed by atoms with E-state index in [0.29, 0.717) is 16.1 Å². The van der Waals surface area contributed by atoms with Gasteiger partial charge in [-0.15, -0.1) is 0 Å². The fourth-order valence-electron chi connectivity index (χ4n) is 1.98. The van der Waals surface area contributed by atoms with E-state index in [1.54, 1.807) is 24.3 Å². The highest BCUT2D eigenvalue weighted by Gasteiger charge is 2.16. The molecule has 0 aliphatic heterocycles. The quantitative estimate of drug-likeness (QED) is 0.789. The van der Waals surface area contributed by atoms with E-state index in [0.717, 1.165) is 5.56 Å². The van der Waals surface area contributed by atoms with Gasteiger partial charge >= 0.3 is 0 Å². The van der Waals surface area contributed by atoms with E-state index in [4.69, 9.17) is 16.3 Å². The van der Waals surface area contributed by atoms with Gasteiger partial charge < -0.3 is 4.74 Å². The third kappa shape index (κ3) is 2.83. The summed E-state index contributed by atoms with van der Waals surface area (Å²) in [5, 5.41) is 0.417. The van der Waals surface area contributed by atoms with Crippen LogP contribution >= 0.6 is 11.6 Å². The van der Waals surface area contributed by atoms with Crippen molar-refractivity contribution in [2.75, 3.05) is 7.11 Å². The Kier molecular flexibility index (Phi) is 4.40. The molecule has 0 radical (unpaired) electrons. The molecule has 0 aliphatic rings. The lowest BCUT2D eigenvalue weighted by Gasteiger charge is -2.08. The lowest BCUT2D eigenvalue weighted by Crippen LogP contribution is -2.07. The van der Waals surface area contributed by atoms with Crippen LogP contribution in [0.25, 0.3) is 0 Å². The summed E-state index contributed by atoms with van der Waals surface area (Å²) in [6.45, 7) is 1.82. The number of carbonyl (C=O) groups is 1. The van der Waals surface area contributed by atoms with Gasteiger partial charge in [0.1, 0.15) is 0 Å². The maximum atomic E-state index is 14.0. The molecule has 20 heavy (non-hydrogen) atoms. The van der Waals surface area contributed by atoms with Crippen LogP contribution < -0.4 is 4.74 Å². The standard InChI is InChI=1S/C16H14ClFO2/c1-10-5-3-7-12(15(10)17)13(19)9-11-6-4-8-14(20-2)16(11)18/h3-8H,9H2,1-2H3. The highest BCUT2D eigenvalue weighted by Crippen LogP contribution is 2.24. The van der Waals surface area contributed by atoms with Gasteiger partial charge in [-0.1, -0.05) is 35.9 Å². The van der Waals surface area contributed by atoms with Gasteiger partial charge in [-0.2, -0.15) is 0 Å². The van der Waals surface area contributed by atoms with Gasteiger partial charge in [-0.3, -0.25) is 4.79 Å². The Morgan fingerprint density at radius 3 is 2.65 bits per heavy atom. The molecule has 0 N–H and O–H groups in total. The van der Waals surface area contributed by atoms with Crippen LogP contribution in [0.5, 0.6) is 5.75 Å². The summed E-state index contributed by atoms with van der Waals surface area (Å²) in [5.41, 5.74) is 1.53. The number of ketones is 1. The van der Waals surface area contributed by atoms with Crippen molar-refractivity contribution in [2.24, 2.45) is 0 Å². The van der Waals surface area contributed by atoms with Gasteiger partial charge in [-0.05, 0) is 30.2 Å². The monoisotopic (exact) mass is 292 g/mol. The number of aryl methyl sites for hydroxylation is 1. The van der Waals surface area contributed by atoms with Crippen molar-refractivity contribution in [3.05, 3.63) is 63.9 Å². The highest BCUT2D eigenvalue weighted by atomic mass is 35.5. The summed E-state index contributed by atoms with van der Waals surface area (Å²) in [6, 6.07) is 9.97. The van der Waals surface area contributed by atoms with Gasteiger partial charge in [0.2, 0.25) is 0 Å². The maximum Gasteiger partial charge on any atom is 0.168 e. The van der Waals surface area contributed by atoms with Crippen molar-refractivity contribution in [2.45, 2.75) is 13.3 Å². The van der Waals surface area contributed by atoms with E-state index in [1.807, 2.05) is 13.0 Å². The molecule has 2 aromatic carbocycles. The minimum atomic E-state index is -0.507. The van der Waals surface area contributed by atoms with Crippen molar-refractivity contribution in [1.29, 1.82) is 0 Å². The summed E-state index contributed by atoms with van der Waals surface area (Å²) in [5.74, 6) is -0.594. The molecule has 0 heterocycles. The second-order valence-electron chi connectivity index (χ2n) is 4.47. The predicted molar refractivity (Wildman–Crippen MR) is 77.2 cm³/mol. The largest absolute Gasteiger partial charge is 0.494 e. The molecule has 2 aromatic rings. The average Bonchev–Trinajstić information content (AvgIpc) is 2.44. The highest BCUT2D eigenvalue weighted by molar-refractivity contribution is 6.34. The molecule has 0 aromatic heterocycles. The average molecular weight is 293 g/mol. The van der Waals surface area contributed by atoms with Crippen molar-refractivity contribution in [3.8, 4) is 5.75 Å². The van der Waals surface area contributed by atoms with E-state index in [2.05, 4.69) is 0 Å². The molecule has 0 aliphatic carbocycles. The van der Waals surface area contributed by atoms with Gasteiger partial charge in [0.15, 0.2) is 17.3 Å². The zero-order chi connectivity index (χ0) is 14.7. The van der Waals surface area contributed by atoms with Crippen molar-refractivity contribution in [3.63, 3.8) is 0 Å². The third-order valence-corrected chi connectivity index (χ3v) is 3.61. The van der Waals surface area contributed by atoms with Crippen molar-refractivity contribution < 1.29 is 13.9 Å². The van der Waals surface area contributed by atoms with Crippen LogP contribution in [-0.4, -0.2) is 12.9 Å². The number of hydrogen-bond acceptors (Lipinski definition) is 2. The van der Waals surface area contributed by atoms with E-state index >= 15 is 0 Å². The van der Waals surface area contributed by atoms with Crippen LogP contribution in [0.1, 0.15) is 21.5 Å². The summed E-state index contributed by atoms with van der Waals surface area (Å²) < 4.78 is 18.9. The Bertz CT molecular complexity index is 653. The van der Waals surface area contributed by atoms with Crippen LogP contribution in [0.4, 0.5) is 4.39 Å². The lowest BCUT2D eigenvalue weighted by atomic mass is 10.0. The molecule has 2 nitrogen and oxygen atoms in total. The third-order valence-electron chi connectivity index (χ3n) is 3.11. The fraction of sp³-hybridized carbons (Fsp3) is 0.188. The zero-order valence-electron chi connectivity index (χ0n) is 11.2. The summed E-state index contributed by atoms with van der Waals surface area (Å²) in [6.07, 6.45) is -0.0494. The van der Waals surface area contributed by atoms with Gasteiger partial charge in [0, 0.05) is 12.0 Å². The molecular formula is C16H14ClFO2. The van der Waals surface area contributed by atoms with Crippen LogP contribution in [0.15, 0.2) is 36.4 Å². The van der Waals surface area contributed by atoms with Gasteiger partial charge in [0.25, 0.3) is 0 Å². The van der Waals surface area contributed by atoms with Crippen LogP contribution in [0, 0.1) is 12.7 Å². The number of rotatable bonds is 4. The summed E-state index contributed by atoms with van der Waals surface area (Å²) >= 11 is 6.11. The number of benzene rings is 2. The van der Waals surface area contributed by atoms with Crippen molar-refractivity contribution >= 4 is 17.4 Å². The molecule has 0 saturated heterocycles. The van der Waals surface area contributed by atoms with E-state index in [-0.39, 0.29) is 18.0 Å². The normalized spacial score (nSPS) is 10.4. The number of carbonyl (C=O) groups excluding carboxylic acids is 1. The first-order valence-electron chi connectivity index (χ1n) is 6.14. The molecule has 4 heteroatoms. The van der Waals surface area contributed by atoms with Crippen LogP contribution in [0.3, 0.4) is 0 Å². The SMILES string of the molecule is COc1cccc(CC(=O)c2cccc(C)c2Cl)c1F. The molecule has 0 bridgehead atoms. The van der Waals surface area contributed by atoms with Gasteiger partial charge in [0.05, 0.1) is 12.1 Å². The molecule has 0 amide bonds. The minimum absolute atomic E-state index is 0.0494. The fourth-order valence-corrected chi connectivity index (χ4v) is 2.21. The van der Waals surface area contributed by atoms with Crippen molar-refractivity contribution in [1.82, 2.24) is 0 Å². The Morgan fingerprint density at radius 2 is 1.95 bits per heavy atom. The minimum Gasteiger partial charge on any atom is -0.494 e. The predicted octanol–water partition coefficient (Wildman–Crippen LogP) is 4.22. The topological polar surface area (TPSA) is 26.3 Å². The molecule has 0 unspecified atom stereocenters. The van der Waals surface area contributed by atoms with E-state index in [1.165, 1.54) is 13.2 Å². The van der Waals surface area contributed by atoms with Crippen LogP contribution in [-0.2, 0) is 6.42 Å². The van der Waals surface area contributed by atoms with E-state index < -0.39 is 5.82 Å². The number of methoxy groups -OCH3 is 1.